The second-order valence-corrected chi connectivity index (χ2v) is 8.65. The van der Waals surface area contributed by atoms with E-state index in [1.165, 1.54) is 6.42 Å². The lowest BCUT2D eigenvalue weighted by molar-refractivity contribution is -0.132. The maximum atomic E-state index is 12.4. The largest absolute Gasteiger partial charge is 0.354 e. The number of amides is 3. The number of hydrogen-bond donors (Lipinski definition) is 3. The molecular formula is C20H35IN4O4. The SMILES string of the molecule is CC([15NH]C(=O)C(C)[15NH]C(=O)C[15N]1C(C)CCCC1C)C(=O)NCCCC(=O)CI. The molecule has 3 amide bonds. The van der Waals surface area contributed by atoms with Crippen LogP contribution in [0.3, 0.4) is 0 Å². The molecule has 1 saturated heterocycles. The number of halogens is 1. The lowest BCUT2D eigenvalue weighted by Crippen LogP contribution is -2.54. The highest BCUT2D eigenvalue weighted by Crippen LogP contribution is 2.21. The Balaban J connectivity index is 2.35. The number of rotatable bonds is 11. The van der Waals surface area contributed by atoms with Gasteiger partial charge in [-0.2, -0.15) is 0 Å². The second-order valence-electron chi connectivity index (χ2n) is 7.89. The van der Waals surface area contributed by atoms with Gasteiger partial charge in [-0.25, -0.2) is 0 Å². The third-order valence-electron chi connectivity index (χ3n) is 5.31. The molecule has 0 radical (unpaired) electrons. The van der Waals surface area contributed by atoms with Crippen LogP contribution in [0.5, 0.6) is 0 Å². The molecule has 1 aliphatic rings. The molecule has 0 aromatic carbocycles. The molecular weight excluding hydrogens is 490 g/mol. The molecule has 29 heavy (non-hydrogen) atoms. The van der Waals surface area contributed by atoms with E-state index in [1.54, 1.807) is 13.8 Å². The van der Waals surface area contributed by atoms with Crippen molar-refractivity contribution in [3.63, 3.8) is 0 Å². The van der Waals surface area contributed by atoms with Gasteiger partial charge >= 0.3 is 0 Å². The molecule has 1 aliphatic heterocycles. The minimum Gasteiger partial charge on any atom is -0.354 e. The maximum absolute atomic E-state index is 12.4. The molecule has 0 spiro atoms. The minimum atomic E-state index is -0.727. The Morgan fingerprint density at radius 1 is 1.00 bits per heavy atom. The van der Waals surface area contributed by atoms with E-state index in [1.807, 2.05) is 22.6 Å². The summed E-state index contributed by atoms with van der Waals surface area (Å²) in [5.41, 5.74) is 0. The van der Waals surface area contributed by atoms with Crippen LogP contribution in [0, 0.1) is 0 Å². The van der Waals surface area contributed by atoms with Crippen LogP contribution in [-0.4, -0.2) is 70.1 Å². The molecule has 0 bridgehead atoms. The van der Waals surface area contributed by atoms with Gasteiger partial charge in [0.1, 0.15) is 17.9 Å². The quantitative estimate of drug-likeness (QED) is 0.163. The van der Waals surface area contributed by atoms with E-state index in [0.717, 1.165) is 12.8 Å². The van der Waals surface area contributed by atoms with Gasteiger partial charge in [-0.15, -0.1) is 0 Å². The van der Waals surface area contributed by atoms with E-state index in [4.69, 9.17) is 0 Å². The number of hydrogen-bond acceptors (Lipinski definition) is 5. The summed E-state index contributed by atoms with van der Waals surface area (Å²) in [7, 11) is 0. The number of alkyl halides is 1. The van der Waals surface area contributed by atoms with Crippen molar-refractivity contribution in [1.82, 2.24) is 20.9 Å². The molecule has 0 aromatic heterocycles. The summed E-state index contributed by atoms with van der Waals surface area (Å²) in [5.74, 6) is -0.750. The zero-order chi connectivity index (χ0) is 22.0. The Morgan fingerprint density at radius 2 is 1.59 bits per heavy atom. The molecule has 1 rings (SSSR count). The third kappa shape index (κ3) is 9.41. The Kier molecular flexibility index (Phi) is 11.7. The van der Waals surface area contributed by atoms with Gasteiger partial charge in [0.15, 0.2) is 0 Å². The highest BCUT2D eigenvalue weighted by atomic mass is 127. The number of ketones is 1. The van der Waals surface area contributed by atoms with Gasteiger partial charge in [-0.3, -0.25) is 24.1 Å². The van der Waals surface area contributed by atoms with Gasteiger partial charge in [0.2, 0.25) is 17.7 Å². The van der Waals surface area contributed by atoms with Crippen molar-refractivity contribution in [1.29, 1.82) is 0 Å². The average Bonchev–Trinajstić information content (AvgIpc) is 2.67. The number of nitrogens with one attached hydrogen (secondary N) is 3. The Labute approximate surface area is 187 Å². The first-order valence-corrected chi connectivity index (χ1v) is 11.9. The highest BCUT2D eigenvalue weighted by molar-refractivity contribution is 14.1. The van der Waals surface area contributed by atoms with E-state index < -0.39 is 18.0 Å². The van der Waals surface area contributed by atoms with Crippen molar-refractivity contribution in [3.05, 3.63) is 0 Å². The fourth-order valence-corrected chi connectivity index (χ4v) is 3.81. The molecule has 166 valence electrons. The molecule has 9 heteroatoms. The zero-order valence-electron chi connectivity index (χ0n) is 17.9. The van der Waals surface area contributed by atoms with Crippen LogP contribution in [0.2, 0.25) is 0 Å². The van der Waals surface area contributed by atoms with Crippen molar-refractivity contribution in [2.75, 3.05) is 17.5 Å². The molecule has 4 atom stereocenters. The Bertz CT molecular complexity index is 577. The van der Waals surface area contributed by atoms with Crippen LogP contribution in [-0.2, 0) is 19.2 Å². The molecule has 1 heterocycles. The topological polar surface area (TPSA) is 108 Å². The second kappa shape index (κ2) is 13.1. The highest BCUT2D eigenvalue weighted by Gasteiger charge is 2.27. The first-order chi connectivity index (χ1) is 13.6. The summed E-state index contributed by atoms with van der Waals surface area (Å²) in [6.45, 7) is 8.10. The normalized spacial score (nSPS) is 21.7. The van der Waals surface area contributed by atoms with Crippen LogP contribution in [0.25, 0.3) is 0 Å². The van der Waals surface area contributed by atoms with E-state index in [2.05, 4.69) is 34.7 Å². The van der Waals surface area contributed by atoms with E-state index in [9.17, 15) is 19.2 Å². The molecule has 4 unspecified atom stereocenters. The maximum Gasteiger partial charge on any atom is 0.242 e. The molecule has 8 nitrogen and oxygen atoms in total. The Morgan fingerprint density at radius 3 is 2.17 bits per heavy atom. The number of piperidine rings is 1. The van der Waals surface area contributed by atoms with Crippen LogP contribution in [0.15, 0.2) is 0 Å². The Hall–Kier alpha value is -1.23. The van der Waals surface area contributed by atoms with Gasteiger partial charge in [0.05, 0.1) is 11.0 Å². The number of likely N-dealkylation sites (tertiary alicyclic amines) is 1. The number of carbonyl (C=O) groups is 4. The van der Waals surface area contributed by atoms with Gasteiger partial charge < -0.3 is 16.0 Å². The van der Waals surface area contributed by atoms with Crippen molar-refractivity contribution >= 4 is 46.1 Å². The molecule has 0 saturated carbocycles. The van der Waals surface area contributed by atoms with E-state index in [0.29, 0.717) is 35.9 Å². The minimum absolute atomic E-state index is 0.152. The number of Topliss-reactive ketones (excluding diaryl/α,β-unsaturated/α-hetero) is 1. The van der Waals surface area contributed by atoms with Crippen LogP contribution >= 0.6 is 22.6 Å². The van der Waals surface area contributed by atoms with Crippen molar-refractivity contribution in [3.8, 4) is 0 Å². The lowest BCUT2D eigenvalue weighted by atomic mass is 10.0. The summed E-state index contributed by atoms with van der Waals surface area (Å²) >= 11 is 2.02. The summed E-state index contributed by atoms with van der Waals surface area (Å²) in [6.07, 6.45) is 4.34. The van der Waals surface area contributed by atoms with Crippen LogP contribution < -0.4 is 16.0 Å². The lowest BCUT2D eigenvalue weighted by Gasteiger charge is -2.38. The monoisotopic (exact) mass is 525 g/mol. The number of carbonyl (C=O) groups excluding carboxylic acids is 4. The molecule has 0 aromatic rings. The fourth-order valence-electron chi connectivity index (χ4n) is 3.43. The van der Waals surface area contributed by atoms with Crippen molar-refractivity contribution in [2.24, 2.45) is 0 Å². The smallest absolute Gasteiger partial charge is 0.242 e. The van der Waals surface area contributed by atoms with E-state index in [-0.39, 0.29) is 24.1 Å². The zero-order valence-corrected chi connectivity index (χ0v) is 20.1. The van der Waals surface area contributed by atoms with E-state index >= 15 is 0 Å². The first kappa shape index (κ1) is 25.8. The molecule has 3 N–H and O–H groups in total. The fraction of sp³-hybridized carbons (Fsp3) is 0.800. The predicted octanol–water partition coefficient (Wildman–Crippen LogP) is 1.16. The summed E-state index contributed by atoms with van der Waals surface area (Å²) in [5, 5.41) is 8.05. The number of nitrogens with zero attached hydrogens (tertiary/aromatic N) is 1. The van der Waals surface area contributed by atoms with Crippen LogP contribution in [0.4, 0.5) is 0 Å². The molecule has 1 fully saturated rings. The third-order valence-corrected chi connectivity index (χ3v) is 6.16. The summed E-state index contributed by atoms with van der Waals surface area (Å²) < 4.78 is 0.470. The van der Waals surface area contributed by atoms with Crippen molar-refractivity contribution in [2.45, 2.75) is 84.0 Å². The van der Waals surface area contributed by atoms with Crippen molar-refractivity contribution < 1.29 is 19.2 Å². The van der Waals surface area contributed by atoms with Gasteiger partial charge in [0, 0.05) is 25.0 Å². The standard InChI is InChI=1S/C20H35IN4O4/c1-13-7-5-8-14(2)25(13)12-18(27)23-16(4)20(29)24-15(3)19(28)22-10-6-9-17(26)11-21/h13-16H,5-12H2,1-4H3,(H,22,28)(H,23,27)(H,24,29)/i23+1,24+1,25+1. The predicted molar refractivity (Wildman–Crippen MR) is 121 cm³/mol. The van der Waals surface area contributed by atoms with Crippen LogP contribution in [0.1, 0.15) is 59.8 Å². The average molecular weight is 525 g/mol. The van der Waals surface area contributed by atoms with Gasteiger partial charge in [-0.05, 0) is 47.0 Å². The van der Waals surface area contributed by atoms with Gasteiger partial charge in [0.25, 0.3) is 0 Å². The van der Waals surface area contributed by atoms with Gasteiger partial charge in [-0.1, -0.05) is 29.0 Å². The summed E-state index contributed by atoms with van der Waals surface area (Å²) in [6, 6.07) is -0.743. The molecule has 0 aliphatic carbocycles. The first-order valence-electron chi connectivity index (χ1n) is 10.4. The summed E-state index contributed by atoms with van der Waals surface area (Å²) in [4.78, 5) is 50.1.